The van der Waals surface area contributed by atoms with E-state index < -0.39 is 5.97 Å². The highest BCUT2D eigenvalue weighted by Crippen LogP contribution is 2.12. The molecule has 0 saturated carbocycles. The van der Waals surface area contributed by atoms with Gasteiger partial charge in [-0.1, -0.05) is 25.5 Å². The average molecular weight is 277 g/mol. The highest BCUT2D eigenvalue weighted by Gasteiger charge is 2.21. The summed E-state index contributed by atoms with van der Waals surface area (Å²) in [5.74, 6) is -1.23. The molecule has 0 heterocycles. The number of rotatable bonds is 7. The third-order valence-corrected chi connectivity index (χ3v) is 3.21. The zero-order valence-corrected chi connectivity index (χ0v) is 12.4. The topological polar surface area (TPSA) is 57.6 Å². The van der Waals surface area contributed by atoms with Gasteiger partial charge in [0.25, 0.3) is 5.91 Å². The molecular formula is C16H23NO3. The number of amides is 1. The second-order valence-corrected chi connectivity index (χ2v) is 5.22. The van der Waals surface area contributed by atoms with Gasteiger partial charge in [0, 0.05) is 11.6 Å². The molecular weight excluding hydrogens is 254 g/mol. The molecule has 0 unspecified atom stereocenters. The fourth-order valence-corrected chi connectivity index (χ4v) is 2.00. The van der Waals surface area contributed by atoms with Crippen LogP contribution in [0.4, 0.5) is 0 Å². The molecule has 1 rings (SSSR count). The van der Waals surface area contributed by atoms with Crippen molar-refractivity contribution in [3.63, 3.8) is 0 Å². The quantitative estimate of drug-likeness (QED) is 0.833. The number of aliphatic carboxylic acids is 1. The van der Waals surface area contributed by atoms with E-state index in [4.69, 9.17) is 5.11 Å². The van der Waals surface area contributed by atoms with Gasteiger partial charge in [-0.3, -0.25) is 9.59 Å². The van der Waals surface area contributed by atoms with E-state index in [1.54, 1.807) is 12.1 Å². The zero-order valence-electron chi connectivity index (χ0n) is 12.4. The maximum atomic E-state index is 12.3. The van der Waals surface area contributed by atoms with E-state index in [1.807, 2.05) is 26.0 Å². The maximum absolute atomic E-state index is 12.3. The molecule has 0 spiro atoms. The van der Waals surface area contributed by atoms with Gasteiger partial charge in [0.2, 0.25) is 0 Å². The zero-order chi connectivity index (χ0) is 15.1. The Kier molecular flexibility index (Phi) is 6.22. The third kappa shape index (κ3) is 4.68. The average Bonchev–Trinajstić information content (AvgIpc) is 2.42. The summed E-state index contributed by atoms with van der Waals surface area (Å²) in [6.45, 7) is 5.51. The summed E-state index contributed by atoms with van der Waals surface area (Å²) >= 11 is 0. The fourth-order valence-electron chi connectivity index (χ4n) is 2.00. The van der Waals surface area contributed by atoms with Crippen LogP contribution in [-0.2, 0) is 11.2 Å². The van der Waals surface area contributed by atoms with Crippen molar-refractivity contribution < 1.29 is 14.7 Å². The summed E-state index contributed by atoms with van der Waals surface area (Å²) in [7, 11) is 0. The van der Waals surface area contributed by atoms with Crippen molar-refractivity contribution in [2.24, 2.45) is 0 Å². The molecule has 20 heavy (non-hydrogen) atoms. The Morgan fingerprint density at radius 3 is 2.25 bits per heavy atom. The monoisotopic (exact) mass is 277 g/mol. The van der Waals surface area contributed by atoms with Crippen LogP contribution in [0.25, 0.3) is 0 Å². The maximum Gasteiger partial charge on any atom is 0.323 e. The van der Waals surface area contributed by atoms with E-state index in [0.717, 1.165) is 19.3 Å². The molecule has 0 radical (unpaired) electrons. The number of benzene rings is 1. The molecule has 1 N–H and O–H groups in total. The lowest BCUT2D eigenvalue weighted by Crippen LogP contribution is -2.40. The molecule has 1 aromatic carbocycles. The molecule has 0 saturated heterocycles. The lowest BCUT2D eigenvalue weighted by atomic mass is 10.1. The van der Waals surface area contributed by atoms with Gasteiger partial charge in [-0.25, -0.2) is 0 Å². The number of carboxylic acids is 1. The number of nitrogens with zero attached hydrogens (tertiary/aromatic N) is 1. The molecule has 0 fully saturated rings. The van der Waals surface area contributed by atoms with Gasteiger partial charge in [-0.15, -0.1) is 0 Å². The van der Waals surface area contributed by atoms with Gasteiger partial charge < -0.3 is 10.0 Å². The summed E-state index contributed by atoms with van der Waals surface area (Å²) in [6, 6.07) is 7.32. The van der Waals surface area contributed by atoms with Crippen molar-refractivity contribution in [2.45, 2.75) is 46.1 Å². The van der Waals surface area contributed by atoms with Gasteiger partial charge in [0.15, 0.2) is 0 Å². The highest BCUT2D eigenvalue weighted by molar-refractivity contribution is 5.96. The summed E-state index contributed by atoms with van der Waals surface area (Å²) in [5.41, 5.74) is 1.75. The number of carbonyl (C=O) groups excluding carboxylic acids is 1. The predicted molar refractivity (Wildman–Crippen MR) is 78.9 cm³/mol. The molecule has 0 aliphatic carbocycles. The SMILES string of the molecule is CCCCc1ccc(C(=O)N(CC(=O)O)C(C)C)cc1. The molecule has 0 aliphatic rings. The predicted octanol–water partition coefficient (Wildman–Crippen LogP) is 2.96. The molecule has 110 valence electrons. The first-order valence-electron chi connectivity index (χ1n) is 7.07. The Balaban J connectivity index is 2.81. The van der Waals surface area contributed by atoms with E-state index in [2.05, 4.69) is 6.92 Å². The Morgan fingerprint density at radius 1 is 1.20 bits per heavy atom. The van der Waals surface area contributed by atoms with Gasteiger partial charge in [0.1, 0.15) is 6.54 Å². The number of hydrogen-bond acceptors (Lipinski definition) is 2. The Bertz CT molecular complexity index is 451. The van der Waals surface area contributed by atoms with Gasteiger partial charge in [0.05, 0.1) is 0 Å². The van der Waals surface area contributed by atoms with Crippen LogP contribution in [0, 0.1) is 0 Å². The standard InChI is InChI=1S/C16H23NO3/c1-4-5-6-13-7-9-14(10-8-13)16(20)17(12(2)3)11-15(18)19/h7-10,12H,4-6,11H2,1-3H3,(H,18,19). The molecule has 0 aromatic heterocycles. The minimum atomic E-state index is -0.994. The molecule has 1 amide bonds. The largest absolute Gasteiger partial charge is 0.480 e. The Morgan fingerprint density at radius 2 is 1.80 bits per heavy atom. The number of unbranched alkanes of at least 4 members (excludes halogenated alkanes) is 1. The summed E-state index contributed by atoms with van der Waals surface area (Å²) in [4.78, 5) is 24.5. The number of aryl methyl sites for hydroxylation is 1. The summed E-state index contributed by atoms with van der Waals surface area (Å²) in [5, 5.41) is 8.88. The minimum absolute atomic E-state index is 0.140. The van der Waals surface area contributed by atoms with Crippen LogP contribution in [0.2, 0.25) is 0 Å². The lowest BCUT2D eigenvalue weighted by molar-refractivity contribution is -0.138. The van der Waals surface area contributed by atoms with Crippen LogP contribution in [0.15, 0.2) is 24.3 Å². The van der Waals surface area contributed by atoms with Crippen LogP contribution in [0.1, 0.15) is 49.5 Å². The van der Waals surface area contributed by atoms with Crippen LogP contribution in [-0.4, -0.2) is 34.5 Å². The lowest BCUT2D eigenvalue weighted by Gasteiger charge is -2.25. The Labute approximate surface area is 120 Å². The van der Waals surface area contributed by atoms with E-state index in [-0.39, 0.29) is 18.5 Å². The van der Waals surface area contributed by atoms with Gasteiger partial charge >= 0.3 is 5.97 Å². The second-order valence-electron chi connectivity index (χ2n) is 5.22. The van der Waals surface area contributed by atoms with Crippen LogP contribution in [0.3, 0.4) is 0 Å². The molecule has 1 aromatic rings. The number of carbonyl (C=O) groups is 2. The Hall–Kier alpha value is -1.84. The summed E-state index contributed by atoms with van der Waals surface area (Å²) in [6.07, 6.45) is 3.28. The number of hydrogen-bond donors (Lipinski definition) is 1. The minimum Gasteiger partial charge on any atom is -0.480 e. The van der Waals surface area contributed by atoms with Crippen LogP contribution in [0.5, 0.6) is 0 Å². The smallest absolute Gasteiger partial charge is 0.323 e. The number of carboxylic acid groups (broad SMARTS) is 1. The second kappa shape index (κ2) is 7.68. The molecule has 4 heteroatoms. The highest BCUT2D eigenvalue weighted by atomic mass is 16.4. The molecule has 0 aliphatic heterocycles. The first-order chi connectivity index (χ1) is 9.45. The first-order valence-corrected chi connectivity index (χ1v) is 7.07. The van der Waals surface area contributed by atoms with Crippen molar-refractivity contribution in [3.8, 4) is 0 Å². The van der Waals surface area contributed by atoms with E-state index in [9.17, 15) is 9.59 Å². The van der Waals surface area contributed by atoms with Crippen molar-refractivity contribution in [2.75, 3.05) is 6.54 Å². The van der Waals surface area contributed by atoms with E-state index in [1.165, 1.54) is 10.5 Å². The van der Waals surface area contributed by atoms with Crippen molar-refractivity contribution in [3.05, 3.63) is 35.4 Å². The molecule has 4 nitrogen and oxygen atoms in total. The van der Waals surface area contributed by atoms with Crippen LogP contribution >= 0.6 is 0 Å². The van der Waals surface area contributed by atoms with Crippen molar-refractivity contribution in [1.29, 1.82) is 0 Å². The first kappa shape index (κ1) is 16.2. The van der Waals surface area contributed by atoms with Gasteiger partial charge in [-0.2, -0.15) is 0 Å². The van der Waals surface area contributed by atoms with Crippen molar-refractivity contribution in [1.82, 2.24) is 4.90 Å². The van der Waals surface area contributed by atoms with E-state index >= 15 is 0 Å². The van der Waals surface area contributed by atoms with Gasteiger partial charge in [-0.05, 0) is 44.4 Å². The normalized spacial score (nSPS) is 10.6. The fraction of sp³-hybridized carbons (Fsp3) is 0.500. The molecule has 0 bridgehead atoms. The van der Waals surface area contributed by atoms with Crippen LogP contribution < -0.4 is 0 Å². The summed E-state index contributed by atoms with van der Waals surface area (Å²) < 4.78 is 0. The molecule has 0 atom stereocenters. The third-order valence-electron chi connectivity index (χ3n) is 3.21. The van der Waals surface area contributed by atoms with Crippen molar-refractivity contribution >= 4 is 11.9 Å². The van der Waals surface area contributed by atoms with E-state index in [0.29, 0.717) is 5.56 Å².